The number of benzene rings is 1. The van der Waals surface area contributed by atoms with Crippen molar-refractivity contribution in [3.05, 3.63) is 41.6 Å². The van der Waals surface area contributed by atoms with Crippen LogP contribution in [0.4, 0.5) is 25.8 Å². The Labute approximate surface area is 139 Å². The van der Waals surface area contributed by atoms with Crippen LogP contribution >= 0.6 is 0 Å². The molecular formula is C17H20F2N4O. The topological polar surface area (TPSA) is 49.4 Å². The Morgan fingerprint density at radius 3 is 2.83 bits per heavy atom. The van der Waals surface area contributed by atoms with Crippen LogP contribution in [0.5, 0.6) is 5.88 Å². The quantitative estimate of drug-likeness (QED) is 0.844. The Bertz CT molecular complexity index is 706. The summed E-state index contributed by atoms with van der Waals surface area (Å²) in [6, 6.07) is 7.36. The van der Waals surface area contributed by atoms with Gasteiger partial charge in [-0.3, -0.25) is 0 Å². The minimum atomic E-state index is -2.86. The molecule has 5 nitrogen and oxygen atoms in total. The molecule has 0 atom stereocenters. The standard InChI is InChI=1S/C17H20F2N4O/c1-3-11-4-6-14-16(23(2)10-22-14)13(11)9-20-12-5-7-15(21-8-12)24-17(18)19/h4-8,17,20,22H,3,9-10H2,1-2H3. The van der Waals surface area contributed by atoms with Gasteiger partial charge in [0.2, 0.25) is 5.88 Å². The van der Waals surface area contributed by atoms with Crippen LogP contribution < -0.4 is 20.3 Å². The lowest BCUT2D eigenvalue weighted by atomic mass is 10.0. The number of pyridine rings is 1. The highest BCUT2D eigenvalue weighted by molar-refractivity contribution is 5.79. The zero-order valence-electron chi connectivity index (χ0n) is 13.6. The van der Waals surface area contributed by atoms with E-state index in [4.69, 9.17) is 0 Å². The van der Waals surface area contributed by atoms with Crippen molar-refractivity contribution in [2.24, 2.45) is 0 Å². The lowest BCUT2D eigenvalue weighted by Crippen LogP contribution is -2.18. The summed E-state index contributed by atoms with van der Waals surface area (Å²) in [5, 5.41) is 6.67. The average molecular weight is 334 g/mol. The van der Waals surface area contributed by atoms with Crippen LogP contribution in [0.1, 0.15) is 18.1 Å². The van der Waals surface area contributed by atoms with Gasteiger partial charge in [0.1, 0.15) is 0 Å². The molecule has 2 heterocycles. The molecule has 7 heteroatoms. The molecule has 1 aliphatic heterocycles. The third-order valence-corrected chi connectivity index (χ3v) is 4.06. The number of nitrogens with one attached hydrogen (secondary N) is 2. The van der Waals surface area contributed by atoms with Crippen molar-refractivity contribution in [3.63, 3.8) is 0 Å². The zero-order chi connectivity index (χ0) is 17.1. The van der Waals surface area contributed by atoms with Gasteiger partial charge in [0.05, 0.1) is 29.9 Å². The number of hydrogen-bond acceptors (Lipinski definition) is 5. The number of aryl methyl sites for hydroxylation is 1. The van der Waals surface area contributed by atoms with Gasteiger partial charge >= 0.3 is 6.61 Å². The molecule has 2 aromatic rings. The number of fused-ring (bicyclic) bond motifs is 1. The van der Waals surface area contributed by atoms with Crippen molar-refractivity contribution in [2.45, 2.75) is 26.5 Å². The van der Waals surface area contributed by atoms with Crippen LogP contribution in [0.15, 0.2) is 30.5 Å². The molecule has 0 unspecified atom stereocenters. The van der Waals surface area contributed by atoms with Crippen LogP contribution in [0, 0.1) is 0 Å². The molecule has 0 fully saturated rings. The second kappa shape index (κ2) is 6.90. The Hall–Kier alpha value is -2.57. The molecule has 0 bridgehead atoms. The number of alkyl halides is 2. The van der Waals surface area contributed by atoms with E-state index >= 15 is 0 Å². The van der Waals surface area contributed by atoms with Gasteiger partial charge < -0.3 is 20.3 Å². The summed E-state index contributed by atoms with van der Waals surface area (Å²) in [7, 11) is 2.06. The lowest BCUT2D eigenvalue weighted by Gasteiger charge is -2.19. The smallest absolute Gasteiger partial charge is 0.388 e. The first-order chi connectivity index (χ1) is 11.6. The maximum absolute atomic E-state index is 12.1. The molecular weight excluding hydrogens is 314 g/mol. The number of rotatable bonds is 6. The monoisotopic (exact) mass is 334 g/mol. The van der Waals surface area contributed by atoms with Crippen molar-refractivity contribution in [1.29, 1.82) is 0 Å². The number of aromatic nitrogens is 1. The van der Waals surface area contributed by atoms with Crippen molar-refractivity contribution in [3.8, 4) is 5.88 Å². The fraction of sp³-hybridized carbons (Fsp3) is 0.353. The van der Waals surface area contributed by atoms with Gasteiger partial charge in [0, 0.05) is 19.7 Å². The molecule has 1 aromatic heterocycles. The second-order valence-corrected chi connectivity index (χ2v) is 5.60. The fourth-order valence-corrected chi connectivity index (χ4v) is 2.90. The molecule has 0 aliphatic carbocycles. The minimum absolute atomic E-state index is 0.0886. The van der Waals surface area contributed by atoms with E-state index in [9.17, 15) is 8.78 Å². The van der Waals surface area contributed by atoms with Gasteiger partial charge in [0.15, 0.2) is 0 Å². The predicted octanol–water partition coefficient (Wildman–Crippen LogP) is 3.68. The molecule has 0 radical (unpaired) electrons. The van der Waals surface area contributed by atoms with E-state index in [2.05, 4.69) is 51.4 Å². The van der Waals surface area contributed by atoms with Gasteiger partial charge in [-0.05, 0) is 29.7 Å². The third kappa shape index (κ3) is 3.34. The largest absolute Gasteiger partial charge is 0.417 e. The molecule has 1 aliphatic rings. The lowest BCUT2D eigenvalue weighted by molar-refractivity contribution is -0.0528. The van der Waals surface area contributed by atoms with E-state index in [1.54, 1.807) is 6.07 Å². The summed E-state index contributed by atoms with van der Waals surface area (Å²) < 4.78 is 28.6. The molecule has 128 valence electrons. The van der Waals surface area contributed by atoms with E-state index in [1.165, 1.54) is 29.1 Å². The van der Waals surface area contributed by atoms with Gasteiger partial charge in [-0.15, -0.1) is 0 Å². The van der Waals surface area contributed by atoms with E-state index < -0.39 is 6.61 Å². The highest BCUT2D eigenvalue weighted by Crippen LogP contribution is 2.36. The van der Waals surface area contributed by atoms with Gasteiger partial charge in [-0.1, -0.05) is 13.0 Å². The second-order valence-electron chi connectivity index (χ2n) is 5.60. The Morgan fingerprint density at radius 1 is 1.33 bits per heavy atom. The van der Waals surface area contributed by atoms with Crippen LogP contribution in [0.2, 0.25) is 0 Å². The summed E-state index contributed by atoms with van der Waals surface area (Å²) >= 11 is 0. The van der Waals surface area contributed by atoms with E-state index in [0.29, 0.717) is 6.54 Å². The summed E-state index contributed by atoms with van der Waals surface area (Å²) in [4.78, 5) is 6.06. The van der Waals surface area contributed by atoms with Crippen molar-refractivity contribution in [2.75, 3.05) is 29.2 Å². The van der Waals surface area contributed by atoms with Crippen LogP contribution in [0.3, 0.4) is 0 Å². The molecule has 0 saturated heterocycles. The first kappa shape index (κ1) is 16.3. The van der Waals surface area contributed by atoms with Gasteiger partial charge in [0.25, 0.3) is 0 Å². The molecule has 0 saturated carbocycles. The van der Waals surface area contributed by atoms with Crippen molar-refractivity contribution in [1.82, 2.24) is 4.98 Å². The number of nitrogens with zero attached hydrogens (tertiary/aromatic N) is 2. The number of anilines is 3. The van der Waals surface area contributed by atoms with Gasteiger partial charge in [-0.2, -0.15) is 8.78 Å². The summed E-state index contributed by atoms with van der Waals surface area (Å²) in [6.07, 6.45) is 2.44. The van der Waals surface area contributed by atoms with E-state index in [0.717, 1.165) is 24.5 Å². The first-order valence-electron chi connectivity index (χ1n) is 7.83. The summed E-state index contributed by atoms with van der Waals surface area (Å²) in [5.41, 5.74) is 5.60. The summed E-state index contributed by atoms with van der Waals surface area (Å²) in [6.45, 7) is 0.690. The van der Waals surface area contributed by atoms with Crippen molar-refractivity contribution >= 4 is 17.1 Å². The molecule has 0 spiro atoms. The van der Waals surface area contributed by atoms with Crippen molar-refractivity contribution < 1.29 is 13.5 Å². The average Bonchev–Trinajstić information content (AvgIpc) is 2.95. The maximum atomic E-state index is 12.1. The normalized spacial score (nSPS) is 13.0. The molecule has 24 heavy (non-hydrogen) atoms. The Balaban J connectivity index is 1.76. The summed E-state index contributed by atoms with van der Waals surface area (Å²) in [5.74, 6) is -0.0886. The fourth-order valence-electron chi connectivity index (χ4n) is 2.90. The SMILES string of the molecule is CCc1ccc2c(c1CNc1ccc(OC(F)F)nc1)N(C)CN2. The Morgan fingerprint density at radius 2 is 2.17 bits per heavy atom. The minimum Gasteiger partial charge on any atom is -0.417 e. The zero-order valence-corrected chi connectivity index (χ0v) is 13.6. The molecule has 1 aromatic carbocycles. The van der Waals surface area contributed by atoms with Gasteiger partial charge in [-0.25, -0.2) is 4.98 Å². The maximum Gasteiger partial charge on any atom is 0.388 e. The number of ether oxygens (including phenoxy) is 1. The predicted molar refractivity (Wildman–Crippen MR) is 90.9 cm³/mol. The highest BCUT2D eigenvalue weighted by Gasteiger charge is 2.20. The first-order valence-corrected chi connectivity index (χ1v) is 7.83. The van der Waals surface area contributed by atoms with Crippen LogP contribution in [0.25, 0.3) is 0 Å². The molecule has 3 rings (SSSR count). The Kier molecular flexibility index (Phi) is 4.69. The van der Waals surface area contributed by atoms with E-state index in [-0.39, 0.29) is 5.88 Å². The van der Waals surface area contributed by atoms with Crippen LogP contribution in [-0.4, -0.2) is 25.3 Å². The third-order valence-electron chi connectivity index (χ3n) is 4.06. The number of halogens is 2. The highest BCUT2D eigenvalue weighted by atomic mass is 19.3. The van der Waals surface area contributed by atoms with E-state index in [1.807, 2.05) is 0 Å². The molecule has 2 N–H and O–H groups in total. The number of hydrogen-bond donors (Lipinski definition) is 2. The van der Waals surface area contributed by atoms with Crippen LogP contribution in [-0.2, 0) is 13.0 Å². The molecule has 0 amide bonds.